The summed E-state index contributed by atoms with van der Waals surface area (Å²) < 4.78 is 51.3. The van der Waals surface area contributed by atoms with Crippen molar-refractivity contribution in [2.75, 3.05) is 0 Å². The highest BCUT2D eigenvalue weighted by Crippen LogP contribution is 2.59. The number of rotatable bonds is 2. The van der Waals surface area contributed by atoms with Gasteiger partial charge >= 0.3 is 13.3 Å². The van der Waals surface area contributed by atoms with Crippen LogP contribution in [0, 0.1) is 0 Å². The molecule has 0 bridgehead atoms. The maximum absolute atomic E-state index is 13.1. The summed E-state index contributed by atoms with van der Waals surface area (Å²) in [6, 6.07) is 5.80. The van der Waals surface area contributed by atoms with Gasteiger partial charge in [-0.25, -0.2) is 0 Å². The molecule has 1 aromatic carbocycles. The Bertz CT molecular complexity index is 567. The van der Waals surface area contributed by atoms with Gasteiger partial charge < -0.3 is 9.31 Å². The molecule has 1 saturated carbocycles. The molecule has 0 amide bonds. The van der Waals surface area contributed by atoms with Gasteiger partial charge in [0.1, 0.15) is 0 Å². The molecule has 1 saturated heterocycles. The van der Waals surface area contributed by atoms with Crippen LogP contribution in [-0.4, -0.2) is 18.3 Å². The van der Waals surface area contributed by atoms with Crippen molar-refractivity contribution in [3.63, 3.8) is 0 Å². The lowest BCUT2D eigenvalue weighted by molar-refractivity contribution is -0.138. The normalized spacial score (nSPS) is 29.7. The van der Waals surface area contributed by atoms with E-state index >= 15 is 0 Å². The van der Waals surface area contributed by atoms with Crippen LogP contribution in [0.1, 0.15) is 51.2 Å². The summed E-state index contributed by atoms with van der Waals surface area (Å²) in [6.45, 7) is 7.81. The van der Waals surface area contributed by atoms with Crippen LogP contribution in [0.4, 0.5) is 13.2 Å². The minimum atomic E-state index is -4.32. The Balaban J connectivity index is 1.80. The average Bonchev–Trinajstić information content (AvgIpc) is 3.12. The third kappa shape index (κ3) is 2.56. The van der Waals surface area contributed by atoms with Gasteiger partial charge in [-0.3, -0.25) is 0 Å². The predicted octanol–water partition coefficient (Wildman–Crippen LogP) is 4.66. The summed E-state index contributed by atoms with van der Waals surface area (Å²) in [5.41, 5.74) is -1.09. The first kappa shape index (κ1) is 15.9. The van der Waals surface area contributed by atoms with Crippen molar-refractivity contribution in [3.05, 3.63) is 35.4 Å². The van der Waals surface area contributed by atoms with Gasteiger partial charge in [-0.05, 0) is 51.7 Å². The molecular formula is C16H20BF3O2. The van der Waals surface area contributed by atoms with E-state index in [1.807, 2.05) is 27.7 Å². The zero-order valence-corrected chi connectivity index (χ0v) is 13.2. The maximum Gasteiger partial charge on any atom is 0.461 e. The maximum atomic E-state index is 13.1. The number of alkyl halides is 3. The van der Waals surface area contributed by atoms with Crippen LogP contribution < -0.4 is 0 Å². The predicted molar refractivity (Wildman–Crippen MR) is 78.6 cm³/mol. The van der Waals surface area contributed by atoms with Gasteiger partial charge in [0, 0.05) is 5.82 Å². The minimum absolute atomic E-state index is 0.00968. The molecule has 1 heterocycles. The molecule has 2 nitrogen and oxygen atoms in total. The molecule has 0 radical (unpaired) electrons. The molecule has 1 aromatic rings. The average molecular weight is 312 g/mol. The van der Waals surface area contributed by atoms with Crippen molar-refractivity contribution in [3.8, 4) is 0 Å². The Kier molecular flexibility index (Phi) is 3.42. The smallest absolute Gasteiger partial charge is 0.403 e. The first-order valence-electron chi connectivity index (χ1n) is 7.55. The second-order valence-electron chi connectivity index (χ2n) is 7.22. The number of hydrogen-bond acceptors (Lipinski definition) is 2. The largest absolute Gasteiger partial charge is 0.461 e. The van der Waals surface area contributed by atoms with Crippen molar-refractivity contribution < 1.29 is 22.5 Å². The summed E-state index contributed by atoms with van der Waals surface area (Å²) in [5.74, 6) is -0.155. The highest BCUT2D eigenvalue weighted by Gasteiger charge is 2.60. The number of hydrogen-bond donors (Lipinski definition) is 0. The fourth-order valence-electron chi connectivity index (χ4n) is 3.01. The lowest BCUT2D eigenvalue weighted by atomic mass is 9.79. The fraction of sp³-hybridized carbons (Fsp3) is 0.625. The molecule has 0 spiro atoms. The molecule has 0 N–H and O–H groups in total. The first-order valence-corrected chi connectivity index (χ1v) is 7.55. The van der Waals surface area contributed by atoms with E-state index in [1.54, 1.807) is 12.1 Å². The van der Waals surface area contributed by atoms with Crippen molar-refractivity contribution in [2.45, 2.75) is 63.2 Å². The van der Waals surface area contributed by atoms with Crippen molar-refractivity contribution >= 4 is 7.12 Å². The molecule has 2 aliphatic rings. The van der Waals surface area contributed by atoms with Gasteiger partial charge in [0.15, 0.2) is 0 Å². The molecule has 1 aliphatic heterocycles. The van der Waals surface area contributed by atoms with Gasteiger partial charge in [0.05, 0.1) is 16.8 Å². The molecule has 120 valence electrons. The van der Waals surface area contributed by atoms with Gasteiger partial charge in [-0.2, -0.15) is 13.2 Å². The van der Waals surface area contributed by atoms with E-state index in [9.17, 15) is 13.2 Å². The fourth-order valence-corrected chi connectivity index (χ4v) is 3.01. The standard InChI is InChI=1S/C16H20BF3O2/c1-14(2)15(3,4)22-17(21-14)13-9-11(13)10-7-5-6-8-12(10)16(18,19)20/h5-8,11,13H,9H2,1-4H3/t11-,13+/m0/s1. The van der Waals surface area contributed by atoms with Crippen LogP contribution in [0.25, 0.3) is 0 Å². The van der Waals surface area contributed by atoms with Gasteiger partial charge in [-0.1, -0.05) is 18.2 Å². The van der Waals surface area contributed by atoms with E-state index in [0.717, 1.165) is 6.07 Å². The number of halogens is 3. The second kappa shape index (κ2) is 4.74. The van der Waals surface area contributed by atoms with E-state index in [0.29, 0.717) is 12.0 Å². The molecule has 22 heavy (non-hydrogen) atoms. The monoisotopic (exact) mass is 312 g/mol. The lowest BCUT2D eigenvalue weighted by Crippen LogP contribution is -2.41. The van der Waals surface area contributed by atoms with Crippen molar-refractivity contribution in [1.29, 1.82) is 0 Å². The first-order chi connectivity index (χ1) is 10.0. The van der Waals surface area contributed by atoms with E-state index in [-0.39, 0.29) is 11.7 Å². The molecule has 1 aliphatic carbocycles. The molecule has 6 heteroatoms. The summed E-state index contributed by atoms with van der Waals surface area (Å²) in [5, 5.41) is 0. The number of benzene rings is 1. The van der Waals surface area contributed by atoms with Crippen LogP contribution in [-0.2, 0) is 15.5 Å². The van der Waals surface area contributed by atoms with Crippen molar-refractivity contribution in [1.82, 2.24) is 0 Å². The topological polar surface area (TPSA) is 18.5 Å². The Morgan fingerprint density at radius 2 is 1.59 bits per heavy atom. The molecule has 2 atom stereocenters. The zero-order chi connectivity index (χ0) is 16.3. The van der Waals surface area contributed by atoms with E-state index < -0.39 is 30.1 Å². The van der Waals surface area contributed by atoms with Crippen LogP contribution in [0.15, 0.2) is 24.3 Å². The molecule has 3 rings (SSSR count). The van der Waals surface area contributed by atoms with Crippen molar-refractivity contribution in [2.24, 2.45) is 0 Å². The lowest BCUT2D eigenvalue weighted by Gasteiger charge is -2.32. The Morgan fingerprint density at radius 3 is 2.14 bits per heavy atom. The van der Waals surface area contributed by atoms with Crippen LogP contribution >= 0.6 is 0 Å². The van der Waals surface area contributed by atoms with Gasteiger partial charge in [-0.15, -0.1) is 0 Å². The highest BCUT2D eigenvalue weighted by atomic mass is 19.4. The Morgan fingerprint density at radius 1 is 1.05 bits per heavy atom. The Hall–Kier alpha value is -1.01. The third-order valence-electron chi connectivity index (χ3n) is 5.13. The van der Waals surface area contributed by atoms with E-state index in [4.69, 9.17) is 9.31 Å². The molecule has 0 unspecified atom stereocenters. The Labute approximate surface area is 129 Å². The zero-order valence-electron chi connectivity index (χ0n) is 13.2. The van der Waals surface area contributed by atoms with Crippen LogP contribution in [0.3, 0.4) is 0 Å². The molecule has 2 fully saturated rings. The molecular weight excluding hydrogens is 292 g/mol. The summed E-state index contributed by atoms with van der Waals surface area (Å²) in [6.07, 6.45) is -3.65. The highest BCUT2D eigenvalue weighted by molar-refractivity contribution is 6.49. The van der Waals surface area contributed by atoms with E-state index in [2.05, 4.69) is 0 Å². The quantitative estimate of drug-likeness (QED) is 0.740. The van der Waals surface area contributed by atoms with Gasteiger partial charge in [0.25, 0.3) is 0 Å². The SMILES string of the molecule is CC1(C)OB([C@@H]2C[C@H]2c2ccccc2C(F)(F)F)OC1(C)C. The summed E-state index contributed by atoms with van der Waals surface area (Å²) in [7, 11) is -0.434. The molecule has 0 aromatic heterocycles. The minimum Gasteiger partial charge on any atom is -0.403 e. The van der Waals surface area contributed by atoms with Crippen LogP contribution in [0.2, 0.25) is 5.82 Å². The second-order valence-corrected chi connectivity index (χ2v) is 7.22. The summed E-state index contributed by atoms with van der Waals surface area (Å²) in [4.78, 5) is 0. The van der Waals surface area contributed by atoms with Gasteiger partial charge in [0.2, 0.25) is 0 Å². The third-order valence-corrected chi connectivity index (χ3v) is 5.13. The van der Waals surface area contributed by atoms with E-state index in [1.165, 1.54) is 6.07 Å². The summed E-state index contributed by atoms with van der Waals surface area (Å²) >= 11 is 0. The van der Waals surface area contributed by atoms with Crippen LogP contribution in [0.5, 0.6) is 0 Å².